The van der Waals surface area contributed by atoms with Gasteiger partial charge in [-0.3, -0.25) is 14.9 Å². The van der Waals surface area contributed by atoms with Crippen molar-refractivity contribution in [2.24, 2.45) is 0 Å². The Morgan fingerprint density at radius 1 is 1.33 bits per heavy atom. The number of nitro benzene ring substituents is 1. The van der Waals surface area contributed by atoms with Gasteiger partial charge < -0.3 is 10.4 Å². The Kier molecular flexibility index (Phi) is 4.04. The molecule has 108 valence electrons. The Bertz CT molecular complexity index is 736. The lowest BCUT2D eigenvalue weighted by Crippen LogP contribution is -2.13. The van der Waals surface area contributed by atoms with Crippen LogP contribution in [-0.2, 0) is 0 Å². The minimum Gasteiger partial charge on any atom is -0.505 e. The van der Waals surface area contributed by atoms with E-state index in [1.807, 2.05) is 0 Å². The summed E-state index contributed by atoms with van der Waals surface area (Å²) in [5.74, 6) is -1.91. The van der Waals surface area contributed by atoms with Crippen LogP contribution >= 0.6 is 11.6 Å². The number of benzene rings is 2. The number of phenols is 1. The van der Waals surface area contributed by atoms with Crippen LogP contribution in [0.3, 0.4) is 0 Å². The number of amides is 1. The molecule has 0 fully saturated rings. The summed E-state index contributed by atoms with van der Waals surface area (Å²) in [6, 6.07) is 6.85. The molecule has 0 heterocycles. The van der Waals surface area contributed by atoms with Crippen molar-refractivity contribution < 1.29 is 19.2 Å². The van der Waals surface area contributed by atoms with Gasteiger partial charge in [0.25, 0.3) is 11.6 Å². The number of aromatic hydroxyl groups is 1. The molecule has 2 rings (SSSR count). The predicted octanol–water partition coefficient (Wildman–Crippen LogP) is 3.35. The SMILES string of the molecule is O=C(Nc1c(O)cccc1[N+](=O)[O-])c1ccc(F)c(Cl)c1. The van der Waals surface area contributed by atoms with Gasteiger partial charge in [-0.2, -0.15) is 0 Å². The van der Waals surface area contributed by atoms with Gasteiger partial charge in [-0.1, -0.05) is 17.7 Å². The van der Waals surface area contributed by atoms with Gasteiger partial charge in [-0.05, 0) is 24.3 Å². The molecule has 0 unspecified atom stereocenters. The van der Waals surface area contributed by atoms with Crippen molar-refractivity contribution in [2.45, 2.75) is 0 Å². The summed E-state index contributed by atoms with van der Waals surface area (Å²) in [7, 11) is 0. The molecule has 0 spiro atoms. The number of hydrogen-bond donors (Lipinski definition) is 2. The average Bonchev–Trinajstić information content (AvgIpc) is 2.43. The summed E-state index contributed by atoms with van der Waals surface area (Å²) >= 11 is 5.56. The van der Waals surface area contributed by atoms with Crippen molar-refractivity contribution in [3.8, 4) is 5.75 Å². The zero-order valence-electron chi connectivity index (χ0n) is 10.3. The number of nitrogens with zero attached hydrogens (tertiary/aromatic N) is 1. The molecular weight excluding hydrogens is 303 g/mol. The van der Waals surface area contributed by atoms with E-state index in [4.69, 9.17) is 11.6 Å². The van der Waals surface area contributed by atoms with Crippen LogP contribution in [0.4, 0.5) is 15.8 Å². The lowest BCUT2D eigenvalue weighted by atomic mass is 10.2. The van der Waals surface area contributed by atoms with Crippen LogP contribution in [-0.4, -0.2) is 15.9 Å². The minimum atomic E-state index is -0.763. The number of para-hydroxylation sites is 1. The van der Waals surface area contributed by atoms with Gasteiger partial charge in [-0.15, -0.1) is 0 Å². The van der Waals surface area contributed by atoms with E-state index >= 15 is 0 Å². The Morgan fingerprint density at radius 2 is 2.05 bits per heavy atom. The summed E-state index contributed by atoms with van der Waals surface area (Å²) < 4.78 is 13.0. The molecule has 0 aliphatic rings. The first kappa shape index (κ1) is 14.7. The molecule has 2 aromatic carbocycles. The standard InChI is InChI=1S/C13H8ClFN2O4/c14-8-6-7(4-5-9(8)15)13(19)16-12-10(17(20)21)2-1-3-11(12)18/h1-6,18H,(H,16,19). The van der Waals surface area contributed by atoms with E-state index in [1.165, 1.54) is 18.2 Å². The maximum atomic E-state index is 13.0. The van der Waals surface area contributed by atoms with E-state index in [-0.39, 0.29) is 16.3 Å². The number of phenolic OH excluding ortho intramolecular Hbond substituents is 1. The normalized spacial score (nSPS) is 10.2. The summed E-state index contributed by atoms with van der Waals surface area (Å²) in [5.41, 5.74) is -0.802. The van der Waals surface area contributed by atoms with Crippen LogP contribution in [0.15, 0.2) is 36.4 Å². The molecule has 0 bridgehead atoms. The third kappa shape index (κ3) is 3.09. The predicted molar refractivity (Wildman–Crippen MR) is 74.1 cm³/mol. The topological polar surface area (TPSA) is 92.5 Å². The van der Waals surface area contributed by atoms with Crippen molar-refractivity contribution in [3.63, 3.8) is 0 Å². The molecule has 0 aliphatic carbocycles. The highest BCUT2D eigenvalue weighted by molar-refractivity contribution is 6.31. The number of halogens is 2. The fourth-order valence-corrected chi connectivity index (χ4v) is 1.81. The van der Waals surface area contributed by atoms with Crippen LogP contribution in [0, 0.1) is 15.9 Å². The molecule has 2 aromatic rings. The van der Waals surface area contributed by atoms with E-state index in [0.29, 0.717) is 0 Å². The Labute approximate surface area is 122 Å². The van der Waals surface area contributed by atoms with Crippen LogP contribution in [0.2, 0.25) is 5.02 Å². The number of anilines is 1. The van der Waals surface area contributed by atoms with Crippen molar-refractivity contribution in [1.29, 1.82) is 0 Å². The van der Waals surface area contributed by atoms with Crippen molar-refractivity contribution in [3.05, 3.63) is 62.9 Å². The van der Waals surface area contributed by atoms with E-state index in [0.717, 1.165) is 18.2 Å². The number of nitro groups is 1. The number of rotatable bonds is 3. The first-order chi connectivity index (χ1) is 9.90. The quantitative estimate of drug-likeness (QED) is 0.516. The molecule has 6 nitrogen and oxygen atoms in total. The number of carbonyl (C=O) groups is 1. The highest BCUT2D eigenvalue weighted by Gasteiger charge is 2.20. The van der Waals surface area contributed by atoms with Gasteiger partial charge in [-0.25, -0.2) is 4.39 Å². The summed E-state index contributed by atoms with van der Waals surface area (Å²) in [6.07, 6.45) is 0. The van der Waals surface area contributed by atoms with Crippen molar-refractivity contribution >= 4 is 28.9 Å². The molecule has 21 heavy (non-hydrogen) atoms. The van der Waals surface area contributed by atoms with Crippen molar-refractivity contribution in [2.75, 3.05) is 5.32 Å². The minimum absolute atomic E-state index is 0.000971. The van der Waals surface area contributed by atoms with Gasteiger partial charge in [0.2, 0.25) is 0 Å². The zero-order chi connectivity index (χ0) is 15.6. The summed E-state index contributed by atoms with van der Waals surface area (Å²) in [6.45, 7) is 0. The second-order valence-corrected chi connectivity index (χ2v) is 4.42. The van der Waals surface area contributed by atoms with Crippen LogP contribution in [0.1, 0.15) is 10.4 Å². The van der Waals surface area contributed by atoms with Crippen molar-refractivity contribution in [1.82, 2.24) is 0 Å². The largest absolute Gasteiger partial charge is 0.505 e. The fraction of sp³-hybridized carbons (Fsp3) is 0. The fourth-order valence-electron chi connectivity index (χ4n) is 1.63. The third-order valence-electron chi connectivity index (χ3n) is 2.64. The summed E-state index contributed by atoms with van der Waals surface area (Å²) in [5, 5.41) is 22.4. The van der Waals surface area contributed by atoms with Crippen LogP contribution < -0.4 is 5.32 Å². The highest BCUT2D eigenvalue weighted by Crippen LogP contribution is 2.33. The van der Waals surface area contributed by atoms with Gasteiger partial charge in [0.05, 0.1) is 9.95 Å². The maximum absolute atomic E-state index is 13.0. The Balaban J connectivity index is 2.36. The van der Waals surface area contributed by atoms with Gasteiger partial charge in [0, 0.05) is 11.6 Å². The first-order valence-corrected chi connectivity index (χ1v) is 6.00. The van der Waals surface area contributed by atoms with E-state index in [2.05, 4.69) is 5.32 Å². The molecule has 0 radical (unpaired) electrons. The zero-order valence-corrected chi connectivity index (χ0v) is 11.1. The third-order valence-corrected chi connectivity index (χ3v) is 2.93. The van der Waals surface area contributed by atoms with Gasteiger partial charge in [0.15, 0.2) is 5.69 Å². The second-order valence-electron chi connectivity index (χ2n) is 4.01. The molecule has 0 saturated heterocycles. The average molecular weight is 311 g/mol. The molecule has 8 heteroatoms. The Morgan fingerprint density at radius 3 is 2.67 bits per heavy atom. The molecule has 0 saturated carbocycles. The highest BCUT2D eigenvalue weighted by atomic mass is 35.5. The summed E-state index contributed by atoms with van der Waals surface area (Å²) in [4.78, 5) is 22.1. The van der Waals surface area contributed by atoms with E-state index in [1.54, 1.807) is 0 Å². The van der Waals surface area contributed by atoms with E-state index < -0.39 is 28.1 Å². The maximum Gasteiger partial charge on any atom is 0.296 e. The molecule has 0 atom stereocenters. The number of nitrogens with one attached hydrogen (secondary N) is 1. The lowest BCUT2D eigenvalue weighted by Gasteiger charge is -2.08. The molecular formula is C13H8ClFN2O4. The second kappa shape index (κ2) is 5.76. The molecule has 0 aliphatic heterocycles. The first-order valence-electron chi connectivity index (χ1n) is 5.63. The molecule has 0 aromatic heterocycles. The smallest absolute Gasteiger partial charge is 0.296 e. The van der Waals surface area contributed by atoms with Gasteiger partial charge in [0.1, 0.15) is 11.6 Å². The van der Waals surface area contributed by atoms with E-state index in [9.17, 15) is 24.4 Å². The molecule has 1 amide bonds. The Hall–Kier alpha value is -2.67. The molecule has 2 N–H and O–H groups in total. The van der Waals surface area contributed by atoms with Crippen LogP contribution in [0.25, 0.3) is 0 Å². The monoisotopic (exact) mass is 310 g/mol. The number of hydrogen-bond acceptors (Lipinski definition) is 4. The van der Waals surface area contributed by atoms with Crippen LogP contribution in [0.5, 0.6) is 5.75 Å². The van der Waals surface area contributed by atoms with Gasteiger partial charge >= 0.3 is 0 Å². The number of carbonyl (C=O) groups excluding carboxylic acids is 1. The lowest BCUT2D eigenvalue weighted by molar-refractivity contribution is -0.384.